The van der Waals surface area contributed by atoms with Gasteiger partial charge in [-0.25, -0.2) is 0 Å². The molecule has 0 bridgehead atoms. The van der Waals surface area contributed by atoms with Gasteiger partial charge in [0.25, 0.3) is 0 Å². The molecule has 0 fully saturated rings. The monoisotopic (exact) mass is 689 g/mol. The maximum absolute atomic E-state index is 5.82. The van der Waals surface area contributed by atoms with Crippen molar-refractivity contribution in [1.82, 2.24) is 0 Å². The van der Waals surface area contributed by atoms with E-state index in [4.69, 9.17) is 5.73 Å². The number of allylic oxidation sites excluding steroid dienone is 13. The highest BCUT2D eigenvalue weighted by Gasteiger charge is 2.10. The van der Waals surface area contributed by atoms with Gasteiger partial charge in [0.1, 0.15) is 0 Å². The van der Waals surface area contributed by atoms with Crippen LogP contribution in [0.5, 0.6) is 0 Å². The fourth-order valence-corrected chi connectivity index (χ4v) is 5.23. The third-order valence-corrected chi connectivity index (χ3v) is 7.90. The smallest absolute Gasteiger partial charge is 0.0314 e. The molecule has 4 aromatic carbocycles. The second-order valence-electron chi connectivity index (χ2n) is 12.4. The van der Waals surface area contributed by atoms with Crippen molar-refractivity contribution in [2.75, 3.05) is 5.73 Å². The first kappa shape index (κ1) is 44.6. The lowest BCUT2D eigenvalue weighted by Crippen LogP contribution is -1.97. The molecule has 0 radical (unpaired) electrons. The molecule has 0 saturated carbocycles. The minimum absolute atomic E-state index is 0.491. The Bertz CT molecular complexity index is 1700. The fourth-order valence-electron chi connectivity index (χ4n) is 5.23. The summed E-state index contributed by atoms with van der Waals surface area (Å²) in [5.41, 5.74) is 16.7. The molecule has 4 aromatic rings. The van der Waals surface area contributed by atoms with Gasteiger partial charge in [0.2, 0.25) is 0 Å². The molecule has 1 atom stereocenters. The van der Waals surface area contributed by atoms with Crippen molar-refractivity contribution in [3.63, 3.8) is 0 Å². The largest absolute Gasteiger partial charge is 0.399 e. The third kappa shape index (κ3) is 19.1. The molecular weight excluding hydrogens is 627 g/mol. The quantitative estimate of drug-likeness (QED) is 0.110. The lowest BCUT2D eigenvalue weighted by molar-refractivity contribution is 0.716. The third-order valence-electron chi connectivity index (χ3n) is 7.90. The van der Waals surface area contributed by atoms with E-state index in [0.29, 0.717) is 5.92 Å². The van der Waals surface area contributed by atoms with E-state index in [2.05, 4.69) is 112 Å². The first-order valence-electron chi connectivity index (χ1n) is 18.5. The van der Waals surface area contributed by atoms with E-state index in [1.54, 1.807) is 6.08 Å². The van der Waals surface area contributed by atoms with Crippen LogP contribution in [0.4, 0.5) is 5.69 Å². The molecule has 0 heterocycles. The summed E-state index contributed by atoms with van der Waals surface area (Å²) in [7, 11) is 0. The first-order valence-corrected chi connectivity index (χ1v) is 18.5. The van der Waals surface area contributed by atoms with Crippen LogP contribution < -0.4 is 5.73 Å². The lowest BCUT2D eigenvalue weighted by atomic mass is 9.89. The van der Waals surface area contributed by atoms with Crippen LogP contribution in [-0.4, -0.2) is 0 Å². The Kier molecular flexibility index (Phi) is 24.3. The summed E-state index contributed by atoms with van der Waals surface area (Å²) < 4.78 is 0. The van der Waals surface area contributed by atoms with Crippen molar-refractivity contribution in [3.8, 4) is 0 Å². The molecule has 272 valence electrons. The number of hydrogen-bond donors (Lipinski definition) is 1. The van der Waals surface area contributed by atoms with E-state index in [-0.39, 0.29) is 0 Å². The fraction of sp³-hybridized carbons (Fsp3) is 0.216. The van der Waals surface area contributed by atoms with Crippen LogP contribution in [-0.2, 0) is 0 Å². The molecular formula is C51H63N. The van der Waals surface area contributed by atoms with Crippen LogP contribution in [0.3, 0.4) is 0 Å². The topological polar surface area (TPSA) is 26.0 Å². The predicted octanol–water partition coefficient (Wildman–Crippen LogP) is 15.3. The Morgan fingerprint density at radius 2 is 1.23 bits per heavy atom. The van der Waals surface area contributed by atoms with Gasteiger partial charge in [0.15, 0.2) is 0 Å². The molecule has 0 spiro atoms. The maximum atomic E-state index is 5.82. The van der Waals surface area contributed by atoms with Gasteiger partial charge in [0.05, 0.1) is 0 Å². The van der Waals surface area contributed by atoms with Crippen LogP contribution in [0.15, 0.2) is 195 Å². The van der Waals surface area contributed by atoms with Crippen LogP contribution in [0, 0.1) is 0 Å². The van der Waals surface area contributed by atoms with Crippen molar-refractivity contribution in [2.24, 2.45) is 0 Å². The Labute approximate surface area is 317 Å². The summed E-state index contributed by atoms with van der Waals surface area (Å²) in [6, 6.07) is 39.5. The molecule has 52 heavy (non-hydrogen) atoms. The number of nitrogen functional groups attached to an aromatic ring is 1. The van der Waals surface area contributed by atoms with Crippen molar-refractivity contribution in [1.29, 1.82) is 0 Å². The molecule has 0 aliphatic heterocycles. The van der Waals surface area contributed by atoms with Crippen molar-refractivity contribution < 1.29 is 0 Å². The molecule has 0 aliphatic carbocycles. The van der Waals surface area contributed by atoms with Gasteiger partial charge < -0.3 is 5.73 Å². The number of rotatable bonds is 13. The average Bonchev–Trinajstić information content (AvgIpc) is 3.17. The highest BCUT2D eigenvalue weighted by atomic mass is 14.5. The average molecular weight is 690 g/mol. The molecule has 1 unspecified atom stereocenters. The second-order valence-corrected chi connectivity index (χ2v) is 12.4. The molecule has 0 aromatic heterocycles. The van der Waals surface area contributed by atoms with Gasteiger partial charge in [-0.15, -0.1) is 0 Å². The standard InChI is InChI=1S/C21H27N.C13H14.C9H10.C8H12/c1-3-8-19(17-10-6-5-7-11-17)16-20(9-4-2)18-12-14-21(22)15-13-18;1-3-5-9-12(4-2)13-10-7-6-8-11-13;1-8(2)9-6-4-3-5-7-9;1-4-6-8(3)7-5-2/h5-7,10-16,19H,3-4,8-9,22H2,1-2H3;3-11H,2H2,1H3;3-7H,1H2,2H3;4-7H,1H2,2-3H3/b20-16+;5-3-,12-9+;;7-5-,8-6-. The second kappa shape index (κ2) is 28.3. The number of nitrogens with two attached hydrogens (primary N) is 1. The van der Waals surface area contributed by atoms with Gasteiger partial charge in [-0.05, 0) is 86.1 Å². The van der Waals surface area contributed by atoms with Crippen molar-refractivity contribution in [2.45, 2.75) is 73.1 Å². The summed E-state index contributed by atoms with van der Waals surface area (Å²) in [6.07, 6.45) is 22.9. The van der Waals surface area contributed by atoms with Crippen LogP contribution in [0.1, 0.15) is 95.4 Å². The van der Waals surface area contributed by atoms with E-state index < -0.39 is 0 Å². The zero-order chi connectivity index (χ0) is 38.4. The normalized spacial score (nSPS) is 12.0. The molecule has 1 heteroatoms. The van der Waals surface area contributed by atoms with Crippen molar-refractivity contribution in [3.05, 3.63) is 218 Å². The first-order chi connectivity index (χ1) is 25.2. The molecule has 0 saturated heterocycles. The van der Waals surface area contributed by atoms with Crippen LogP contribution in [0.25, 0.3) is 16.7 Å². The van der Waals surface area contributed by atoms with E-state index in [1.165, 1.54) is 46.2 Å². The summed E-state index contributed by atoms with van der Waals surface area (Å²) in [6.45, 7) is 23.7. The van der Waals surface area contributed by atoms with E-state index in [9.17, 15) is 0 Å². The van der Waals surface area contributed by atoms with E-state index in [0.717, 1.165) is 29.7 Å². The number of anilines is 1. The van der Waals surface area contributed by atoms with Gasteiger partial charge in [-0.3, -0.25) is 0 Å². The van der Waals surface area contributed by atoms with E-state index >= 15 is 0 Å². The SMILES string of the molecule is C=C(C)c1ccccc1.C=C/C(=C\C=C/C)c1ccccc1.C=C/C=C(C)\C=C/C.CCC/C(=C\C(CCC)c1ccccc1)c1ccc(N)cc1. The van der Waals surface area contributed by atoms with Gasteiger partial charge in [-0.2, -0.15) is 0 Å². The summed E-state index contributed by atoms with van der Waals surface area (Å²) in [5, 5.41) is 0. The van der Waals surface area contributed by atoms with Crippen LogP contribution in [0.2, 0.25) is 0 Å². The lowest BCUT2D eigenvalue weighted by Gasteiger charge is -2.16. The van der Waals surface area contributed by atoms with Gasteiger partial charge in [-0.1, -0.05) is 215 Å². The Hall–Kier alpha value is -5.40. The number of hydrogen-bond acceptors (Lipinski definition) is 1. The van der Waals surface area contributed by atoms with Crippen molar-refractivity contribution >= 4 is 22.4 Å². The molecule has 2 N–H and O–H groups in total. The summed E-state index contributed by atoms with van der Waals surface area (Å²) in [4.78, 5) is 0. The maximum Gasteiger partial charge on any atom is 0.0314 e. The molecule has 0 amide bonds. The zero-order valence-electron chi connectivity index (χ0n) is 32.8. The summed E-state index contributed by atoms with van der Waals surface area (Å²) in [5.74, 6) is 0.491. The predicted molar refractivity (Wildman–Crippen MR) is 237 cm³/mol. The summed E-state index contributed by atoms with van der Waals surface area (Å²) >= 11 is 0. The number of benzene rings is 4. The Morgan fingerprint density at radius 3 is 1.67 bits per heavy atom. The Morgan fingerprint density at radius 1 is 0.673 bits per heavy atom. The van der Waals surface area contributed by atoms with Crippen LogP contribution >= 0.6 is 0 Å². The van der Waals surface area contributed by atoms with Gasteiger partial charge in [0, 0.05) is 11.6 Å². The Balaban J connectivity index is 0.000000382. The minimum Gasteiger partial charge on any atom is -0.399 e. The van der Waals surface area contributed by atoms with E-state index in [1.807, 2.05) is 113 Å². The van der Waals surface area contributed by atoms with Gasteiger partial charge >= 0.3 is 0 Å². The highest BCUT2D eigenvalue weighted by molar-refractivity contribution is 5.74. The minimum atomic E-state index is 0.491. The molecule has 4 rings (SSSR count). The molecule has 1 nitrogen and oxygen atoms in total. The zero-order valence-corrected chi connectivity index (χ0v) is 32.8. The highest BCUT2D eigenvalue weighted by Crippen LogP contribution is 2.30. The molecule has 0 aliphatic rings.